The van der Waals surface area contributed by atoms with Crippen LogP contribution in [0.4, 0.5) is 10.1 Å². The number of benzene rings is 2. The Bertz CT molecular complexity index is 570. The topological polar surface area (TPSA) is 49.3 Å². The number of rotatable bonds is 4. The van der Waals surface area contributed by atoms with Crippen molar-refractivity contribution in [2.24, 2.45) is 0 Å². The number of aromatic hydroxyl groups is 1. The first-order valence-electron chi connectivity index (χ1n) is 5.97. The number of carbonyl (C=O) groups excluding carboxylic acids is 1. The van der Waals surface area contributed by atoms with E-state index in [1.807, 2.05) is 30.3 Å². The average Bonchev–Trinajstić information content (AvgIpc) is 2.41. The number of carbonyl (C=O) groups is 1. The molecule has 0 aromatic heterocycles. The second-order valence-electron chi connectivity index (χ2n) is 4.20. The van der Waals surface area contributed by atoms with Gasteiger partial charge in [-0.15, -0.1) is 0 Å². The van der Waals surface area contributed by atoms with Crippen molar-refractivity contribution in [1.29, 1.82) is 0 Å². The van der Waals surface area contributed by atoms with Crippen LogP contribution in [-0.4, -0.2) is 11.0 Å². The molecule has 0 saturated carbocycles. The molecule has 98 valence electrons. The number of halogens is 1. The Morgan fingerprint density at radius 1 is 1.16 bits per heavy atom. The van der Waals surface area contributed by atoms with Gasteiger partial charge in [0.05, 0.1) is 5.69 Å². The van der Waals surface area contributed by atoms with Crippen LogP contribution in [0.1, 0.15) is 12.0 Å². The van der Waals surface area contributed by atoms with Crippen molar-refractivity contribution in [2.45, 2.75) is 12.8 Å². The van der Waals surface area contributed by atoms with E-state index in [9.17, 15) is 9.18 Å². The summed E-state index contributed by atoms with van der Waals surface area (Å²) in [6.45, 7) is 0. The zero-order valence-corrected chi connectivity index (χ0v) is 10.3. The molecule has 2 N–H and O–H groups in total. The molecule has 1 amide bonds. The molecular formula is C15H14FNO2. The molecule has 0 radical (unpaired) electrons. The van der Waals surface area contributed by atoms with Gasteiger partial charge in [-0.3, -0.25) is 4.79 Å². The van der Waals surface area contributed by atoms with Gasteiger partial charge >= 0.3 is 0 Å². The molecule has 0 spiro atoms. The maximum atomic E-state index is 13.4. The lowest BCUT2D eigenvalue weighted by atomic mass is 10.1. The molecule has 0 fully saturated rings. The van der Waals surface area contributed by atoms with Crippen molar-refractivity contribution in [3.05, 3.63) is 59.9 Å². The van der Waals surface area contributed by atoms with Crippen LogP contribution in [0.5, 0.6) is 5.75 Å². The van der Waals surface area contributed by atoms with Gasteiger partial charge in [0, 0.05) is 12.5 Å². The molecule has 19 heavy (non-hydrogen) atoms. The molecule has 0 heterocycles. The fourth-order valence-electron chi connectivity index (χ4n) is 1.72. The summed E-state index contributed by atoms with van der Waals surface area (Å²) in [7, 11) is 0. The van der Waals surface area contributed by atoms with Crippen molar-refractivity contribution >= 4 is 11.6 Å². The summed E-state index contributed by atoms with van der Waals surface area (Å²) < 4.78 is 13.4. The van der Waals surface area contributed by atoms with Crippen LogP contribution in [0.25, 0.3) is 0 Å². The summed E-state index contributed by atoms with van der Waals surface area (Å²) in [6, 6.07) is 13.2. The van der Waals surface area contributed by atoms with Gasteiger partial charge in [0.1, 0.15) is 11.6 Å². The zero-order valence-electron chi connectivity index (χ0n) is 10.3. The van der Waals surface area contributed by atoms with Crippen LogP contribution < -0.4 is 5.32 Å². The fraction of sp³-hybridized carbons (Fsp3) is 0.133. The summed E-state index contributed by atoms with van der Waals surface area (Å²) in [5.41, 5.74) is 1.14. The molecule has 3 nitrogen and oxygen atoms in total. The molecular weight excluding hydrogens is 245 g/mol. The number of nitrogens with one attached hydrogen (secondary N) is 1. The van der Waals surface area contributed by atoms with Gasteiger partial charge in [-0.25, -0.2) is 4.39 Å². The van der Waals surface area contributed by atoms with E-state index >= 15 is 0 Å². The Morgan fingerprint density at radius 2 is 1.89 bits per heavy atom. The highest BCUT2D eigenvalue weighted by molar-refractivity contribution is 5.91. The predicted octanol–water partition coefficient (Wildman–Crippen LogP) is 3.10. The summed E-state index contributed by atoms with van der Waals surface area (Å²) in [6.07, 6.45) is 0.886. The lowest BCUT2D eigenvalue weighted by molar-refractivity contribution is -0.116. The standard InChI is InChI=1S/C15H14FNO2/c16-13-10-12(18)7-8-14(13)17-15(19)9-6-11-4-2-1-3-5-11/h1-5,7-8,10,18H,6,9H2,(H,17,19). The Morgan fingerprint density at radius 3 is 2.58 bits per heavy atom. The first kappa shape index (κ1) is 13.1. The Balaban J connectivity index is 1.91. The van der Waals surface area contributed by atoms with Crippen LogP contribution in [0.15, 0.2) is 48.5 Å². The Labute approximate surface area is 110 Å². The van der Waals surface area contributed by atoms with E-state index in [-0.39, 0.29) is 23.8 Å². The molecule has 0 atom stereocenters. The van der Waals surface area contributed by atoms with Gasteiger partial charge in [-0.05, 0) is 24.1 Å². The van der Waals surface area contributed by atoms with Gasteiger partial charge in [0.25, 0.3) is 0 Å². The van der Waals surface area contributed by atoms with Crippen LogP contribution in [0, 0.1) is 5.82 Å². The minimum absolute atomic E-state index is 0.0795. The molecule has 2 aromatic carbocycles. The largest absolute Gasteiger partial charge is 0.508 e. The van der Waals surface area contributed by atoms with E-state index in [2.05, 4.69) is 5.32 Å². The molecule has 0 aliphatic heterocycles. The van der Waals surface area contributed by atoms with Gasteiger partial charge in [0.2, 0.25) is 5.91 Å². The van der Waals surface area contributed by atoms with Crippen LogP contribution >= 0.6 is 0 Å². The van der Waals surface area contributed by atoms with Gasteiger partial charge in [-0.2, -0.15) is 0 Å². The molecule has 0 aliphatic carbocycles. The highest BCUT2D eigenvalue weighted by Crippen LogP contribution is 2.19. The van der Waals surface area contributed by atoms with Gasteiger partial charge in [-0.1, -0.05) is 30.3 Å². The molecule has 2 rings (SSSR count). The lowest BCUT2D eigenvalue weighted by Gasteiger charge is -2.06. The Hall–Kier alpha value is -2.36. The maximum absolute atomic E-state index is 13.4. The number of phenols is 1. The summed E-state index contributed by atoms with van der Waals surface area (Å²) in [5.74, 6) is -1.07. The molecule has 2 aromatic rings. The van der Waals surface area contributed by atoms with Crippen LogP contribution in [-0.2, 0) is 11.2 Å². The number of hydrogen-bond acceptors (Lipinski definition) is 2. The second-order valence-corrected chi connectivity index (χ2v) is 4.20. The van der Waals surface area contributed by atoms with Crippen LogP contribution in [0.3, 0.4) is 0 Å². The smallest absolute Gasteiger partial charge is 0.224 e. The third-order valence-corrected chi connectivity index (χ3v) is 2.71. The van der Waals surface area contributed by atoms with E-state index in [4.69, 9.17) is 5.11 Å². The third kappa shape index (κ3) is 3.81. The van der Waals surface area contributed by atoms with Crippen molar-refractivity contribution in [3.8, 4) is 5.75 Å². The first-order valence-corrected chi connectivity index (χ1v) is 5.97. The zero-order chi connectivity index (χ0) is 13.7. The molecule has 0 unspecified atom stereocenters. The van der Waals surface area contributed by atoms with E-state index in [1.54, 1.807) is 0 Å². The van der Waals surface area contributed by atoms with E-state index in [1.165, 1.54) is 12.1 Å². The minimum atomic E-state index is -0.645. The van der Waals surface area contributed by atoms with Crippen LogP contribution in [0.2, 0.25) is 0 Å². The average molecular weight is 259 g/mol. The molecule has 4 heteroatoms. The second kappa shape index (κ2) is 6.00. The molecule has 0 saturated heterocycles. The lowest BCUT2D eigenvalue weighted by Crippen LogP contribution is -2.13. The highest BCUT2D eigenvalue weighted by Gasteiger charge is 2.07. The number of amides is 1. The van der Waals surface area contributed by atoms with Crippen molar-refractivity contribution in [1.82, 2.24) is 0 Å². The summed E-state index contributed by atoms with van der Waals surface area (Å²) in [4.78, 5) is 11.7. The number of anilines is 1. The normalized spacial score (nSPS) is 10.2. The minimum Gasteiger partial charge on any atom is -0.508 e. The van der Waals surface area contributed by atoms with E-state index in [0.29, 0.717) is 6.42 Å². The summed E-state index contributed by atoms with van der Waals surface area (Å²) in [5, 5.41) is 11.6. The predicted molar refractivity (Wildman–Crippen MR) is 71.5 cm³/mol. The first-order chi connectivity index (χ1) is 9.15. The van der Waals surface area contributed by atoms with E-state index < -0.39 is 5.82 Å². The van der Waals surface area contributed by atoms with Crippen molar-refractivity contribution in [2.75, 3.05) is 5.32 Å². The van der Waals surface area contributed by atoms with Crippen molar-refractivity contribution < 1.29 is 14.3 Å². The third-order valence-electron chi connectivity index (χ3n) is 2.71. The number of aryl methyl sites for hydroxylation is 1. The monoisotopic (exact) mass is 259 g/mol. The van der Waals surface area contributed by atoms with Gasteiger partial charge < -0.3 is 10.4 Å². The highest BCUT2D eigenvalue weighted by atomic mass is 19.1. The molecule has 0 bridgehead atoms. The Kier molecular flexibility index (Phi) is 4.13. The number of hydrogen-bond donors (Lipinski definition) is 2. The quantitative estimate of drug-likeness (QED) is 0.829. The SMILES string of the molecule is O=C(CCc1ccccc1)Nc1ccc(O)cc1F. The van der Waals surface area contributed by atoms with E-state index in [0.717, 1.165) is 11.6 Å². The van der Waals surface area contributed by atoms with Crippen molar-refractivity contribution in [3.63, 3.8) is 0 Å². The van der Waals surface area contributed by atoms with Gasteiger partial charge in [0.15, 0.2) is 0 Å². The summed E-state index contributed by atoms with van der Waals surface area (Å²) >= 11 is 0. The number of phenolic OH excluding ortho intramolecular Hbond substituents is 1. The maximum Gasteiger partial charge on any atom is 0.224 e. The molecule has 0 aliphatic rings. The fourth-order valence-corrected chi connectivity index (χ4v) is 1.72.